The van der Waals surface area contributed by atoms with Crippen LogP contribution in [-0.2, 0) is 4.79 Å². The summed E-state index contributed by atoms with van der Waals surface area (Å²) in [5, 5.41) is 2.94. The van der Waals surface area contributed by atoms with E-state index in [4.69, 9.17) is 9.47 Å². The van der Waals surface area contributed by atoms with Crippen LogP contribution < -0.4 is 14.8 Å². The summed E-state index contributed by atoms with van der Waals surface area (Å²) in [5.41, 5.74) is 3.70. The number of ether oxygens (including phenoxy) is 2. The van der Waals surface area contributed by atoms with Gasteiger partial charge in [0.05, 0.1) is 5.51 Å². The lowest BCUT2D eigenvalue weighted by molar-refractivity contribution is -0.116. The van der Waals surface area contributed by atoms with E-state index in [2.05, 4.69) is 10.3 Å². The number of rotatable bonds is 6. The van der Waals surface area contributed by atoms with Crippen LogP contribution in [0.15, 0.2) is 60.2 Å². The molecule has 1 N–H and O–H groups in total. The molecule has 0 saturated carbocycles. The summed E-state index contributed by atoms with van der Waals surface area (Å²) in [5.74, 6) is 1.61. The van der Waals surface area contributed by atoms with Gasteiger partial charge in [-0.05, 0) is 23.8 Å². The Morgan fingerprint density at radius 3 is 2.65 bits per heavy atom. The van der Waals surface area contributed by atoms with E-state index in [0.29, 0.717) is 25.4 Å². The van der Waals surface area contributed by atoms with Crippen molar-refractivity contribution in [2.45, 2.75) is 12.3 Å². The topological polar surface area (TPSA) is 60.5 Å². The van der Waals surface area contributed by atoms with Gasteiger partial charge in [-0.15, -0.1) is 11.3 Å². The summed E-state index contributed by atoms with van der Waals surface area (Å²) in [4.78, 5) is 17.3. The van der Waals surface area contributed by atoms with Crippen molar-refractivity contribution in [1.82, 2.24) is 4.98 Å². The SMILES string of the molecule is O=C1CC(c2cncs2)c2ccc(OCCOc3ccccc3)cc2N1. The molecular formula is C20H18N2O3S. The zero-order chi connectivity index (χ0) is 17.8. The number of amides is 1. The minimum atomic E-state index is 0.0143. The average molecular weight is 366 g/mol. The molecule has 1 amide bonds. The number of hydrogen-bond donors (Lipinski definition) is 1. The minimum absolute atomic E-state index is 0.0143. The van der Waals surface area contributed by atoms with Crippen LogP contribution >= 0.6 is 11.3 Å². The maximum absolute atomic E-state index is 12.1. The van der Waals surface area contributed by atoms with E-state index >= 15 is 0 Å². The van der Waals surface area contributed by atoms with Crippen LogP contribution in [0, 0.1) is 0 Å². The summed E-state index contributed by atoms with van der Waals surface area (Å²) in [6.07, 6.45) is 2.28. The molecule has 2 heterocycles. The van der Waals surface area contributed by atoms with Crippen LogP contribution in [0.2, 0.25) is 0 Å². The van der Waals surface area contributed by atoms with E-state index in [0.717, 1.165) is 21.9 Å². The molecule has 1 aliphatic heterocycles. The highest BCUT2D eigenvalue weighted by molar-refractivity contribution is 7.09. The zero-order valence-corrected chi connectivity index (χ0v) is 14.9. The number of para-hydroxylation sites is 1. The van der Waals surface area contributed by atoms with Crippen LogP contribution in [0.4, 0.5) is 5.69 Å². The first kappa shape index (κ1) is 16.6. The number of benzene rings is 2. The Hall–Kier alpha value is -2.86. The van der Waals surface area contributed by atoms with Gasteiger partial charge in [0.25, 0.3) is 0 Å². The van der Waals surface area contributed by atoms with Gasteiger partial charge in [-0.1, -0.05) is 24.3 Å². The van der Waals surface area contributed by atoms with Crippen LogP contribution in [0.5, 0.6) is 11.5 Å². The molecule has 2 aromatic carbocycles. The van der Waals surface area contributed by atoms with Crippen molar-refractivity contribution in [2.75, 3.05) is 18.5 Å². The molecule has 0 aliphatic carbocycles. The number of aromatic nitrogens is 1. The van der Waals surface area contributed by atoms with Crippen LogP contribution in [-0.4, -0.2) is 24.1 Å². The molecule has 1 aromatic heterocycles. The first-order valence-electron chi connectivity index (χ1n) is 8.42. The fourth-order valence-corrected chi connectivity index (χ4v) is 3.76. The molecule has 3 aromatic rings. The maximum Gasteiger partial charge on any atom is 0.225 e. The van der Waals surface area contributed by atoms with Gasteiger partial charge in [-0.3, -0.25) is 9.78 Å². The van der Waals surface area contributed by atoms with Crippen molar-refractivity contribution < 1.29 is 14.3 Å². The van der Waals surface area contributed by atoms with Crippen LogP contribution in [0.3, 0.4) is 0 Å². The van der Waals surface area contributed by atoms with Gasteiger partial charge in [0.1, 0.15) is 24.7 Å². The van der Waals surface area contributed by atoms with E-state index in [1.54, 1.807) is 16.8 Å². The van der Waals surface area contributed by atoms with Gasteiger partial charge < -0.3 is 14.8 Å². The van der Waals surface area contributed by atoms with Gasteiger partial charge in [0.15, 0.2) is 0 Å². The Morgan fingerprint density at radius 1 is 1.08 bits per heavy atom. The molecule has 0 fully saturated rings. The molecule has 1 atom stereocenters. The number of nitrogens with zero attached hydrogens (tertiary/aromatic N) is 1. The summed E-state index contributed by atoms with van der Waals surface area (Å²) >= 11 is 1.58. The fraction of sp³-hybridized carbons (Fsp3) is 0.200. The molecule has 0 bridgehead atoms. The fourth-order valence-electron chi connectivity index (χ4n) is 3.02. The lowest BCUT2D eigenvalue weighted by Crippen LogP contribution is -2.23. The Bertz CT molecular complexity index is 881. The zero-order valence-electron chi connectivity index (χ0n) is 14.1. The predicted molar refractivity (Wildman–Crippen MR) is 101 cm³/mol. The quantitative estimate of drug-likeness (QED) is 0.668. The number of carbonyl (C=O) groups excluding carboxylic acids is 1. The normalized spacial score (nSPS) is 15.8. The molecule has 0 spiro atoms. The van der Waals surface area contributed by atoms with Gasteiger partial charge >= 0.3 is 0 Å². The number of carbonyl (C=O) groups is 1. The van der Waals surface area contributed by atoms with Gasteiger partial charge in [0.2, 0.25) is 5.91 Å². The van der Waals surface area contributed by atoms with Gasteiger partial charge in [-0.25, -0.2) is 0 Å². The molecule has 0 radical (unpaired) electrons. The number of fused-ring (bicyclic) bond motifs is 1. The highest BCUT2D eigenvalue weighted by atomic mass is 32.1. The van der Waals surface area contributed by atoms with E-state index in [1.165, 1.54) is 0 Å². The third kappa shape index (κ3) is 3.70. The first-order valence-corrected chi connectivity index (χ1v) is 9.30. The van der Waals surface area contributed by atoms with Crippen molar-refractivity contribution in [3.05, 3.63) is 70.7 Å². The Morgan fingerprint density at radius 2 is 1.88 bits per heavy atom. The molecule has 6 heteroatoms. The summed E-state index contributed by atoms with van der Waals surface area (Å²) in [6.45, 7) is 0.886. The Kier molecular flexibility index (Phi) is 4.84. The van der Waals surface area contributed by atoms with E-state index in [1.807, 2.05) is 54.7 Å². The molecule has 1 unspecified atom stereocenters. The summed E-state index contributed by atoms with van der Waals surface area (Å²) in [6, 6.07) is 15.5. The van der Waals surface area contributed by atoms with Crippen LogP contribution in [0.1, 0.15) is 22.8 Å². The van der Waals surface area contributed by atoms with Crippen molar-refractivity contribution in [3.8, 4) is 11.5 Å². The predicted octanol–water partition coefficient (Wildman–Crippen LogP) is 4.08. The van der Waals surface area contributed by atoms with Crippen molar-refractivity contribution >= 4 is 22.9 Å². The molecule has 4 rings (SSSR count). The number of anilines is 1. The van der Waals surface area contributed by atoms with Crippen molar-refractivity contribution in [1.29, 1.82) is 0 Å². The lowest BCUT2D eigenvalue weighted by atomic mass is 9.89. The lowest BCUT2D eigenvalue weighted by Gasteiger charge is -2.25. The number of hydrogen-bond acceptors (Lipinski definition) is 5. The van der Waals surface area contributed by atoms with Crippen LogP contribution in [0.25, 0.3) is 0 Å². The smallest absolute Gasteiger partial charge is 0.225 e. The van der Waals surface area contributed by atoms with E-state index in [9.17, 15) is 4.79 Å². The first-order chi connectivity index (χ1) is 12.8. The standard InChI is InChI=1S/C20H18N2O3S/c23-20-11-17(19-12-21-13-26-19)16-7-6-15(10-18(16)22-20)25-9-8-24-14-4-2-1-3-5-14/h1-7,10,12-13,17H,8-9,11H2,(H,22,23). The third-order valence-corrected chi connectivity index (χ3v) is 5.11. The average Bonchev–Trinajstić information content (AvgIpc) is 3.20. The molecular weight excluding hydrogens is 348 g/mol. The second-order valence-corrected chi connectivity index (χ2v) is 6.89. The summed E-state index contributed by atoms with van der Waals surface area (Å²) < 4.78 is 11.4. The van der Waals surface area contributed by atoms with Crippen molar-refractivity contribution in [3.63, 3.8) is 0 Å². The number of thiazole rings is 1. The maximum atomic E-state index is 12.1. The number of nitrogens with one attached hydrogen (secondary N) is 1. The molecule has 5 nitrogen and oxygen atoms in total. The Labute approximate surface area is 155 Å². The molecule has 26 heavy (non-hydrogen) atoms. The molecule has 0 saturated heterocycles. The minimum Gasteiger partial charge on any atom is -0.490 e. The van der Waals surface area contributed by atoms with Gasteiger partial charge in [-0.2, -0.15) is 0 Å². The molecule has 1 aliphatic rings. The monoisotopic (exact) mass is 366 g/mol. The molecule has 132 valence electrons. The van der Waals surface area contributed by atoms with E-state index in [-0.39, 0.29) is 11.8 Å². The largest absolute Gasteiger partial charge is 0.490 e. The van der Waals surface area contributed by atoms with E-state index < -0.39 is 0 Å². The van der Waals surface area contributed by atoms with Crippen molar-refractivity contribution in [2.24, 2.45) is 0 Å². The third-order valence-electron chi connectivity index (χ3n) is 4.22. The second kappa shape index (κ2) is 7.58. The second-order valence-electron chi connectivity index (χ2n) is 5.97. The summed E-state index contributed by atoms with van der Waals surface area (Å²) in [7, 11) is 0. The highest BCUT2D eigenvalue weighted by Gasteiger charge is 2.27. The van der Waals surface area contributed by atoms with Gasteiger partial charge in [0, 0.05) is 35.2 Å². The Balaban J connectivity index is 1.42. The highest BCUT2D eigenvalue weighted by Crippen LogP contribution is 2.39.